The van der Waals surface area contributed by atoms with Gasteiger partial charge in [-0.2, -0.15) is 0 Å². The molecule has 1 aliphatic carbocycles. The SMILES string of the molecule is Oc1ccc(COc2ccc(F)cc2CNC2CC2)cc1. The van der Waals surface area contributed by atoms with Crippen LogP contribution in [0.4, 0.5) is 4.39 Å². The summed E-state index contributed by atoms with van der Waals surface area (Å²) in [5, 5.41) is 12.6. The number of nitrogens with one attached hydrogen (secondary N) is 1. The number of aromatic hydroxyl groups is 1. The van der Waals surface area contributed by atoms with Gasteiger partial charge >= 0.3 is 0 Å². The molecule has 0 heterocycles. The molecule has 0 bridgehead atoms. The van der Waals surface area contributed by atoms with E-state index >= 15 is 0 Å². The monoisotopic (exact) mass is 287 g/mol. The van der Waals surface area contributed by atoms with E-state index in [1.54, 1.807) is 30.3 Å². The molecule has 3 rings (SSSR count). The first-order valence-corrected chi connectivity index (χ1v) is 7.13. The molecule has 2 aromatic rings. The van der Waals surface area contributed by atoms with Crippen molar-refractivity contribution in [2.45, 2.75) is 32.0 Å². The predicted octanol–water partition coefficient (Wildman–Crippen LogP) is 3.36. The fourth-order valence-electron chi connectivity index (χ4n) is 2.12. The molecule has 0 amide bonds. The van der Waals surface area contributed by atoms with Crippen molar-refractivity contribution in [1.82, 2.24) is 5.32 Å². The van der Waals surface area contributed by atoms with Crippen LogP contribution in [0.5, 0.6) is 11.5 Å². The second-order valence-corrected chi connectivity index (χ2v) is 5.36. The molecule has 0 saturated heterocycles. The van der Waals surface area contributed by atoms with Gasteiger partial charge in [0, 0.05) is 18.2 Å². The van der Waals surface area contributed by atoms with Crippen LogP contribution in [0.15, 0.2) is 42.5 Å². The summed E-state index contributed by atoms with van der Waals surface area (Å²) in [6.07, 6.45) is 2.39. The third kappa shape index (κ3) is 3.95. The summed E-state index contributed by atoms with van der Waals surface area (Å²) in [7, 11) is 0. The summed E-state index contributed by atoms with van der Waals surface area (Å²) in [6.45, 7) is 1.01. The second kappa shape index (κ2) is 6.14. The number of hydrogen-bond donors (Lipinski definition) is 2. The average Bonchev–Trinajstić information content (AvgIpc) is 3.30. The third-order valence-electron chi connectivity index (χ3n) is 3.51. The first kappa shape index (κ1) is 13.9. The van der Waals surface area contributed by atoms with Crippen molar-refractivity contribution in [1.29, 1.82) is 0 Å². The fourth-order valence-corrected chi connectivity index (χ4v) is 2.12. The zero-order chi connectivity index (χ0) is 14.7. The number of rotatable bonds is 6. The second-order valence-electron chi connectivity index (χ2n) is 5.36. The lowest BCUT2D eigenvalue weighted by atomic mass is 10.2. The normalized spacial score (nSPS) is 14.1. The first-order valence-electron chi connectivity index (χ1n) is 7.13. The highest BCUT2D eigenvalue weighted by atomic mass is 19.1. The summed E-state index contributed by atoms with van der Waals surface area (Å²) in [5.41, 5.74) is 1.79. The van der Waals surface area contributed by atoms with Crippen molar-refractivity contribution >= 4 is 0 Å². The van der Waals surface area contributed by atoms with Gasteiger partial charge in [-0.05, 0) is 48.7 Å². The minimum Gasteiger partial charge on any atom is -0.508 e. The zero-order valence-corrected chi connectivity index (χ0v) is 11.7. The molecule has 0 aromatic heterocycles. The van der Waals surface area contributed by atoms with Crippen LogP contribution in [-0.2, 0) is 13.2 Å². The molecule has 4 heteroatoms. The van der Waals surface area contributed by atoms with Crippen molar-refractivity contribution in [3.05, 3.63) is 59.4 Å². The smallest absolute Gasteiger partial charge is 0.124 e. The molecule has 0 spiro atoms. The van der Waals surface area contributed by atoms with Crippen molar-refractivity contribution in [2.24, 2.45) is 0 Å². The Kier molecular flexibility index (Phi) is 4.06. The highest BCUT2D eigenvalue weighted by Crippen LogP contribution is 2.24. The highest BCUT2D eigenvalue weighted by Gasteiger charge is 2.20. The number of benzene rings is 2. The number of phenolic OH excluding ortho intramolecular Hbond substituents is 1. The fraction of sp³-hybridized carbons (Fsp3) is 0.294. The summed E-state index contributed by atoms with van der Waals surface area (Å²) in [6, 6.07) is 12.0. The zero-order valence-electron chi connectivity index (χ0n) is 11.7. The molecule has 0 atom stereocenters. The standard InChI is InChI=1S/C17H18FNO2/c18-14-3-8-17(13(9-14)10-19-15-4-5-15)21-11-12-1-6-16(20)7-2-12/h1-3,6-9,15,19-20H,4-5,10-11H2. The van der Waals surface area contributed by atoms with Crippen molar-refractivity contribution < 1.29 is 14.2 Å². The first-order chi connectivity index (χ1) is 10.2. The number of halogens is 1. The van der Waals surface area contributed by atoms with E-state index in [2.05, 4.69) is 5.32 Å². The Morgan fingerprint density at radius 2 is 1.90 bits per heavy atom. The van der Waals surface area contributed by atoms with Gasteiger partial charge in [0.1, 0.15) is 23.9 Å². The largest absolute Gasteiger partial charge is 0.508 e. The molecule has 0 radical (unpaired) electrons. The minimum absolute atomic E-state index is 0.231. The predicted molar refractivity (Wildman–Crippen MR) is 78.7 cm³/mol. The molecule has 0 unspecified atom stereocenters. The lowest BCUT2D eigenvalue weighted by Crippen LogP contribution is -2.16. The van der Waals surface area contributed by atoms with Gasteiger partial charge in [0.15, 0.2) is 0 Å². The van der Waals surface area contributed by atoms with Crippen LogP contribution >= 0.6 is 0 Å². The maximum Gasteiger partial charge on any atom is 0.124 e. The maximum atomic E-state index is 13.4. The van der Waals surface area contributed by atoms with E-state index in [-0.39, 0.29) is 11.6 Å². The Morgan fingerprint density at radius 1 is 1.14 bits per heavy atom. The van der Waals surface area contributed by atoms with Crippen molar-refractivity contribution in [3.8, 4) is 11.5 Å². The average molecular weight is 287 g/mol. The van der Waals surface area contributed by atoms with Gasteiger partial charge < -0.3 is 15.2 Å². The highest BCUT2D eigenvalue weighted by molar-refractivity contribution is 5.34. The van der Waals surface area contributed by atoms with Crippen LogP contribution in [0.3, 0.4) is 0 Å². The Bertz CT molecular complexity index is 609. The van der Waals surface area contributed by atoms with E-state index < -0.39 is 0 Å². The number of phenols is 1. The molecule has 3 nitrogen and oxygen atoms in total. The van der Waals surface area contributed by atoms with Crippen molar-refractivity contribution in [3.63, 3.8) is 0 Å². The molecule has 21 heavy (non-hydrogen) atoms. The molecular weight excluding hydrogens is 269 g/mol. The summed E-state index contributed by atoms with van der Waals surface area (Å²) >= 11 is 0. The van der Waals surface area contributed by atoms with E-state index in [1.807, 2.05) is 0 Å². The number of hydrogen-bond acceptors (Lipinski definition) is 3. The lowest BCUT2D eigenvalue weighted by Gasteiger charge is -2.12. The molecule has 2 aromatic carbocycles. The van der Waals surface area contributed by atoms with Gasteiger partial charge in [0.25, 0.3) is 0 Å². The molecule has 110 valence electrons. The third-order valence-corrected chi connectivity index (χ3v) is 3.51. The topological polar surface area (TPSA) is 41.5 Å². The summed E-state index contributed by atoms with van der Waals surface area (Å²) in [4.78, 5) is 0. The summed E-state index contributed by atoms with van der Waals surface area (Å²) < 4.78 is 19.2. The Balaban J connectivity index is 1.66. The Hall–Kier alpha value is -2.07. The van der Waals surface area contributed by atoms with Gasteiger partial charge in [-0.3, -0.25) is 0 Å². The Morgan fingerprint density at radius 3 is 2.62 bits per heavy atom. The van der Waals surface area contributed by atoms with E-state index in [1.165, 1.54) is 25.0 Å². The van der Waals surface area contributed by atoms with Crippen LogP contribution in [0.1, 0.15) is 24.0 Å². The van der Waals surface area contributed by atoms with Gasteiger partial charge in [0.05, 0.1) is 0 Å². The number of ether oxygens (including phenoxy) is 1. The Labute approximate surface area is 123 Å². The molecule has 1 aliphatic rings. The maximum absolute atomic E-state index is 13.4. The molecule has 2 N–H and O–H groups in total. The van der Waals surface area contributed by atoms with Gasteiger partial charge in [-0.25, -0.2) is 4.39 Å². The molecular formula is C17H18FNO2. The van der Waals surface area contributed by atoms with Crippen LogP contribution in [0.25, 0.3) is 0 Å². The van der Waals surface area contributed by atoms with E-state index in [0.717, 1.165) is 11.1 Å². The molecule has 1 fully saturated rings. The van der Waals surface area contributed by atoms with Gasteiger partial charge in [-0.15, -0.1) is 0 Å². The quantitative estimate of drug-likeness (QED) is 0.856. The van der Waals surface area contributed by atoms with E-state index in [4.69, 9.17) is 4.74 Å². The van der Waals surface area contributed by atoms with Crippen LogP contribution < -0.4 is 10.1 Å². The van der Waals surface area contributed by atoms with Crippen LogP contribution in [-0.4, -0.2) is 11.1 Å². The molecule has 0 aliphatic heterocycles. The van der Waals surface area contributed by atoms with Crippen LogP contribution in [0.2, 0.25) is 0 Å². The van der Waals surface area contributed by atoms with Crippen LogP contribution in [0, 0.1) is 5.82 Å². The molecule has 1 saturated carbocycles. The lowest BCUT2D eigenvalue weighted by molar-refractivity contribution is 0.301. The van der Waals surface area contributed by atoms with Crippen molar-refractivity contribution in [2.75, 3.05) is 0 Å². The summed E-state index contributed by atoms with van der Waals surface area (Å²) in [5.74, 6) is 0.673. The van der Waals surface area contributed by atoms with Gasteiger partial charge in [-0.1, -0.05) is 12.1 Å². The van der Waals surface area contributed by atoms with E-state index in [0.29, 0.717) is 24.9 Å². The van der Waals surface area contributed by atoms with E-state index in [9.17, 15) is 9.50 Å². The minimum atomic E-state index is -0.250. The van der Waals surface area contributed by atoms with Gasteiger partial charge in [0.2, 0.25) is 0 Å².